The Hall–Kier alpha value is -2.36. The Morgan fingerprint density at radius 3 is 2.38 bits per heavy atom. The molecule has 2 aromatic rings. The van der Waals surface area contributed by atoms with E-state index in [2.05, 4.69) is 23.7 Å². The van der Waals surface area contributed by atoms with E-state index in [0.717, 1.165) is 35.7 Å². The molecule has 0 bridgehead atoms. The molecular formula is C22H29FN2O. The van der Waals surface area contributed by atoms with Gasteiger partial charge in [0.1, 0.15) is 17.3 Å². The summed E-state index contributed by atoms with van der Waals surface area (Å²) in [5.74, 6) is 1.34. The number of halogens is 1. The first-order chi connectivity index (χ1) is 12.3. The first-order valence-electron chi connectivity index (χ1n) is 9.22. The zero-order valence-electron chi connectivity index (χ0n) is 16.6. The van der Waals surface area contributed by atoms with Gasteiger partial charge in [-0.25, -0.2) is 9.38 Å². The Labute approximate surface area is 156 Å². The van der Waals surface area contributed by atoms with Crippen molar-refractivity contribution in [3.8, 4) is 11.5 Å². The van der Waals surface area contributed by atoms with E-state index in [1.54, 1.807) is 12.1 Å². The first kappa shape index (κ1) is 20.0. The van der Waals surface area contributed by atoms with E-state index in [9.17, 15) is 4.39 Å². The van der Waals surface area contributed by atoms with Crippen LogP contribution < -0.4 is 4.74 Å². The minimum absolute atomic E-state index is 0.109. The van der Waals surface area contributed by atoms with Gasteiger partial charge in [-0.05, 0) is 80.6 Å². The minimum Gasteiger partial charge on any atom is -0.457 e. The average molecular weight is 356 g/mol. The van der Waals surface area contributed by atoms with Gasteiger partial charge in [0.15, 0.2) is 0 Å². The monoisotopic (exact) mass is 356 g/mol. The Kier molecular flexibility index (Phi) is 6.78. The lowest BCUT2D eigenvalue weighted by Crippen LogP contribution is -2.20. The predicted octanol–water partition coefficient (Wildman–Crippen LogP) is 6.36. The number of hydrogen-bond acceptors (Lipinski definition) is 2. The van der Waals surface area contributed by atoms with Crippen molar-refractivity contribution >= 4 is 12.0 Å². The molecule has 0 aliphatic rings. The predicted molar refractivity (Wildman–Crippen MR) is 108 cm³/mol. The van der Waals surface area contributed by atoms with Crippen LogP contribution in [0.5, 0.6) is 11.5 Å². The van der Waals surface area contributed by atoms with Crippen LogP contribution in [0.4, 0.5) is 10.1 Å². The molecule has 2 aromatic carbocycles. The summed E-state index contributed by atoms with van der Waals surface area (Å²) < 4.78 is 19.9. The summed E-state index contributed by atoms with van der Waals surface area (Å²) in [6, 6.07) is 8.93. The summed E-state index contributed by atoms with van der Waals surface area (Å²) in [7, 11) is 0. The van der Waals surface area contributed by atoms with Crippen molar-refractivity contribution in [2.24, 2.45) is 4.99 Å². The third-order valence-electron chi connectivity index (χ3n) is 4.48. The second-order valence-corrected chi connectivity index (χ2v) is 6.81. The Bertz CT molecular complexity index is 780. The molecule has 0 aliphatic carbocycles. The van der Waals surface area contributed by atoms with Gasteiger partial charge in [0.05, 0.1) is 12.0 Å². The van der Waals surface area contributed by atoms with Crippen LogP contribution >= 0.6 is 0 Å². The Balaban J connectivity index is 2.27. The molecule has 0 N–H and O–H groups in total. The van der Waals surface area contributed by atoms with Gasteiger partial charge in [-0.1, -0.05) is 13.8 Å². The van der Waals surface area contributed by atoms with E-state index in [0.29, 0.717) is 11.3 Å². The van der Waals surface area contributed by atoms with Crippen molar-refractivity contribution < 1.29 is 9.13 Å². The third kappa shape index (κ3) is 4.84. The molecule has 0 saturated heterocycles. The highest BCUT2D eigenvalue weighted by Crippen LogP contribution is 2.33. The van der Waals surface area contributed by atoms with Crippen molar-refractivity contribution in [1.82, 2.24) is 4.90 Å². The zero-order chi connectivity index (χ0) is 19.3. The SMILES string of the molecule is CCN(/C=N/c1cc(C)c(Oc2ccc(F)c(C(C)C)c2)cc1C)CC. The van der Waals surface area contributed by atoms with Gasteiger partial charge in [-0.2, -0.15) is 0 Å². The average Bonchev–Trinajstić information content (AvgIpc) is 2.61. The fourth-order valence-corrected chi connectivity index (χ4v) is 2.71. The molecule has 0 unspecified atom stereocenters. The molecule has 0 saturated carbocycles. The van der Waals surface area contributed by atoms with Crippen molar-refractivity contribution in [3.05, 3.63) is 52.8 Å². The third-order valence-corrected chi connectivity index (χ3v) is 4.48. The van der Waals surface area contributed by atoms with Crippen LogP contribution in [0.3, 0.4) is 0 Å². The summed E-state index contributed by atoms with van der Waals surface area (Å²) in [6.45, 7) is 14.0. The lowest BCUT2D eigenvalue weighted by molar-refractivity contribution is 0.474. The maximum atomic E-state index is 13.9. The van der Waals surface area contributed by atoms with Crippen molar-refractivity contribution in [1.29, 1.82) is 0 Å². The molecule has 3 nitrogen and oxygen atoms in total. The normalized spacial score (nSPS) is 11.4. The molecule has 26 heavy (non-hydrogen) atoms. The van der Waals surface area contributed by atoms with Crippen LogP contribution in [-0.2, 0) is 0 Å². The highest BCUT2D eigenvalue weighted by Gasteiger charge is 2.11. The van der Waals surface area contributed by atoms with Gasteiger partial charge in [0, 0.05) is 13.1 Å². The standard InChI is InChI=1S/C22H29FN2O/c1-7-25(8-2)14-24-21-11-17(6)22(12-16(21)5)26-18-9-10-20(23)19(13-18)15(3)4/h9-15H,7-8H2,1-6H3/b24-14+. The van der Waals surface area contributed by atoms with E-state index in [1.807, 2.05) is 46.2 Å². The second kappa shape index (κ2) is 8.84. The van der Waals surface area contributed by atoms with Crippen molar-refractivity contribution in [2.75, 3.05) is 13.1 Å². The van der Waals surface area contributed by atoms with Crippen molar-refractivity contribution in [3.63, 3.8) is 0 Å². The van der Waals surface area contributed by atoms with Gasteiger partial charge in [0.2, 0.25) is 0 Å². The molecular weight excluding hydrogens is 327 g/mol. The van der Waals surface area contributed by atoms with Gasteiger partial charge >= 0.3 is 0 Å². The van der Waals surface area contributed by atoms with E-state index in [-0.39, 0.29) is 11.7 Å². The highest BCUT2D eigenvalue weighted by atomic mass is 19.1. The van der Waals surface area contributed by atoms with Crippen LogP contribution in [0.25, 0.3) is 0 Å². The van der Waals surface area contributed by atoms with Crippen LogP contribution in [0, 0.1) is 19.7 Å². The van der Waals surface area contributed by atoms with Gasteiger partial charge in [0.25, 0.3) is 0 Å². The summed E-state index contributed by atoms with van der Waals surface area (Å²) in [4.78, 5) is 6.75. The molecule has 0 fully saturated rings. The van der Waals surface area contributed by atoms with Crippen LogP contribution in [-0.4, -0.2) is 24.3 Å². The van der Waals surface area contributed by atoms with Crippen LogP contribution in [0.2, 0.25) is 0 Å². The van der Waals surface area contributed by atoms with Crippen molar-refractivity contribution in [2.45, 2.75) is 47.5 Å². The number of aryl methyl sites for hydroxylation is 2. The minimum atomic E-state index is -0.193. The molecule has 0 heterocycles. The maximum absolute atomic E-state index is 13.9. The summed E-state index contributed by atoms with van der Waals surface area (Å²) in [6.07, 6.45) is 1.89. The molecule has 0 amide bonds. The number of rotatable bonds is 7. The Morgan fingerprint density at radius 2 is 1.77 bits per heavy atom. The number of benzene rings is 2. The fourth-order valence-electron chi connectivity index (χ4n) is 2.71. The van der Waals surface area contributed by atoms with E-state index < -0.39 is 0 Å². The largest absolute Gasteiger partial charge is 0.457 e. The molecule has 0 atom stereocenters. The smallest absolute Gasteiger partial charge is 0.130 e. The molecule has 0 radical (unpaired) electrons. The van der Waals surface area contributed by atoms with Gasteiger partial charge in [-0.3, -0.25) is 0 Å². The zero-order valence-corrected chi connectivity index (χ0v) is 16.6. The number of aliphatic imine (C=N–C) groups is 1. The molecule has 0 aromatic heterocycles. The maximum Gasteiger partial charge on any atom is 0.130 e. The van der Waals surface area contributed by atoms with E-state index >= 15 is 0 Å². The lowest BCUT2D eigenvalue weighted by Gasteiger charge is -2.15. The summed E-state index contributed by atoms with van der Waals surface area (Å²) in [5.41, 5.74) is 3.64. The molecule has 140 valence electrons. The summed E-state index contributed by atoms with van der Waals surface area (Å²) in [5, 5.41) is 0. The summed E-state index contributed by atoms with van der Waals surface area (Å²) >= 11 is 0. The number of hydrogen-bond donors (Lipinski definition) is 0. The second-order valence-electron chi connectivity index (χ2n) is 6.81. The molecule has 4 heteroatoms. The quantitative estimate of drug-likeness (QED) is 0.426. The highest BCUT2D eigenvalue weighted by molar-refractivity contribution is 5.65. The molecule has 0 aliphatic heterocycles. The number of nitrogens with zero attached hydrogens (tertiary/aromatic N) is 2. The van der Waals surface area contributed by atoms with E-state index in [4.69, 9.17) is 4.74 Å². The van der Waals surface area contributed by atoms with Crippen LogP contribution in [0.15, 0.2) is 35.3 Å². The van der Waals surface area contributed by atoms with Crippen LogP contribution in [0.1, 0.15) is 50.3 Å². The number of ether oxygens (including phenoxy) is 1. The van der Waals surface area contributed by atoms with Gasteiger partial charge < -0.3 is 9.64 Å². The molecule has 2 rings (SSSR count). The lowest BCUT2D eigenvalue weighted by atomic mass is 10.0. The molecule has 0 spiro atoms. The fraction of sp³-hybridized carbons (Fsp3) is 0.409. The van der Waals surface area contributed by atoms with Gasteiger partial charge in [-0.15, -0.1) is 0 Å². The topological polar surface area (TPSA) is 24.8 Å². The first-order valence-corrected chi connectivity index (χ1v) is 9.22. The Morgan fingerprint density at radius 1 is 1.08 bits per heavy atom. The van der Waals surface area contributed by atoms with E-state index in [1.165, 1.54) is 6.07 Å².